The largest absolute Gasteiger partial charge is 1.00 e. The minimum Gasteiger partial charge on any atom is -1.00 e. The van der Waals surface area contributed by atoms with E-state index in [2.05, 4.69) is 73.0 Å². The van der Waals surface area contributed by atoms with Crippen molar-refractivity contribution in [2.45, 2.75) is 182 Å². The van der Waals surface area contributed by atoms with Gasteiger partial charge in [-0.3, -0.25) is 14.4 Å². The van der Waals surface area contributed by atoms with Gasteiger partial charge in [0.2, 0.25) is 5.91 Å². The summed E-state index contributed by atoms with van der Waals surface area (Å²) in [6.07, 6.45) is 19.5. The summed E-state index contributed by atoms with van der Waals surface area (Å²) in [7, 11) is 1.44. The molecule has 4 N–H and O–H groups in total. The fraction of sp³-hybridized carbons (Fsp3) is 0.868. The Bertz CT molecular complexity index is 927. The molecular weight excluding hydrogens is 584 g/mol. The van der Waals surface area contributed by atoms with Gasteiger partial charge in [-0.05, 0) is 98.7 Å². The normalized spacial score (nSPS) is 26.3. The second-order valence-corrected chi connectivity index (χ2v) is 18.2. The van der Waals surface area contributed by atoms with Gasteiger partial charge in [-0.15, -0.1) is 0 Å². The summed E-state index contributed by atoms with van der Waals surface area (Å²) in [4.78, 5) is 32.8. The average Bonchev–Trinajstić information content (AvgIpc) is 2.91. The molecule has 5 rings (SSSR count). The quantitative estimate of drug-likeness (QED) is 0.241. The molecule has 1 spiro atoms. The molecule has 0 radical (unpaired) electrons. The highest BCUT2D eigenvalue weighted by Gasteiger charge is 2.46. The number of quaternary nitrogens is 1. The summed E-state index contributed by atoms with van der Waals surface area (Å²) in [6.45, 7) is 22.3. The third-order valence-corrected chi connectivity index (χ3v) is 11.3. The minimum absolute atomic E-state index is 0. The lowest BCUT2D eigenvalue weighted by molar-refractivity contribution is -0.486. The van der Waals surface area contributed by atoms with Crippen molar-refractivity contribution in [3.63, 3.8) is 0 Å². The van der Waals surface area contributed by atoms with Gasteiger partial charge in [0, 0.05) is 37.6 Å². The Kier molecular flexibility index (Phi) is 15.4. The molecule has 7 heteroatoms. The number of methoxy groups -OCH3 is 1. The highest BCUT2D eigenvalue weighted by atomic mass is 35.5. The molecule has 5 aliphatic rings. The van der Waals surface area contributed by atoms with E-state index in [1.807, 2.05) is 0 Å². The van der Waals surface area contributed by atoms with Crippen LogP contribution < -0.4 is 23.5 Å². The molecule has 1 heterocycles. The van der Waals surface area contributed by atoms with E-state index in [4.69, 9.17) is 4.74 Å². The van der Waals surface area contributed by atoms with Crippen molar-refractivity contribution in [2.75, 3.05) is 7.11 Å². The number of hydrogen-bond acceptors (Lipinski definition) is 4. The van der Waals surface area contributed by atoms with Gasteiger partial charge in [0.15, 0.2) is 0 Å². The number of ketones is 1. The van der Waals surface area contributed by atoms with Gasteiger partial charge < -0.3 is 28.2 Å². The first-order valence-electron chi connectivity index (χ1n) is 17.5. The maximum atomic E-state index is 11.2. The van der Waals surface area contributed by atoms with Crippen LogP contribution >= 0.6 is 0 Å². The van der Waals surface area contributed by atoms with Crippen LogP contribution in [0.15, 0.2) is 12.2 Å². The summed E-state index contributed by atoms with van der Waals surface area (Å²) in [6, 6.07) is 0. The van der Waals surface area contributed by atoms with E-state index in [1.165, 1.54) is 64.0 Å². The number of amides is 1. The van der Waals surface area contributed by atoms with Crippen LogP contribution in [0.1, 0.15) is 171 Å². The highest BCUT2D eigenvalue weighted by Crippen LogP contribution is 2.44. The molecule has 0 aromatic heterocycles. The molecule has 1 amide bonds. The molecule has 4 aliphatic carbocycles. The Morgan fingerprint density at radius 2 is 1.04 bits per heavy atom. The number of halogens is 1. The fourth-order valence-corrected chi connectivity index (χ4v) is 6.79. The first kappa shape index (κ1) is 41.6. The van der Waals surface area contributed by atoms with E-state index in [9.17, 15) is 14.4 Å². The summed E-state index contributed by atoms with van der Waals surface area (Å²) in [5.74, 6) is 0.573. The smallest absolute Gasteiger partial charge is 0.311 e. The van der Waals surface area contributed by atoms with Crippen molar-refractivity contribution < 1.29 is 37.3 Å². The zero-order chi connectivity index (χ0) is 33.5. The SMILES string of the molecule is C=C1CCC(C)(C)CC1.CC1(C)CCC(=O)CC1.CC1(C)CCC2(CC1)CC(=O)N2.COC(=O)CC1([NH3+])CCC(C)(C)CC1.[Cl-]. The van der Waals surface area contributed by atoms with E-state index < -0.39 is 0 Å². The predicted molar refractivity (Wildman–Crippen MR) is 181 cm³/mol. The maximum Gasteiger partial charge on any atom is 0.311 e. The van der Waals surface area contributed by atoms with Crippen LogP contribution in [0.25, 0.3) is 0 Å². The molecule has 1 saturated heterocycles. The Labute approximate surface area is 282 Å². The van der Waals surface area contributed by atoms with Crippen LogP contribution in [0.4, 0.5) is 0 Å². The van der Waals surface area contributed by atoms with E-state index in [0.717, 1.165) is 57.8 Å². The zero-order valence-electron chi connectivity index (χ0n) is 30.7. The molecule has 0 aromatic rings. The minimum atomic E-state index is -0.125. The number of β-lactam (4-membered cyclic amide) rings is 1. The second kappa shape index (κ2) is 16.6. The van der Waals surface area contributed by atoms with Crippen LogP contribution in [0.3, 0.4) is 0 Å². The molecule has 4 saturated carbocycles. The van der Waals surface area contributed by atoms with Crippen molar-refractivity contribution in [3.8, 4) is 0 Å². The van der Waals surface area contributed by atoms with Crippen LogP contribution in [-0.2, 0) is 19.1 Å². The lowest BCUT2D eigenvalue weighted by Gasteiger charge is -2.49. The van der Waals surface area contributed by atoms with E-state index in [-0.39, 0.29) is 35.4 Å². The monoisotopic (exact) mass is 652 g/mol. The number of hydrogen-bond donors (Lipinski definition) is 2. The molecule has 6 nitrogen and oxygen atoms in total. The van der Waals surface area contributed by atoms with Gasteiger partial charge in [0.25, 0.3) is 0 Å². The summed E-state index contributed by atoms with van der Waals surface area (Å²) < 4.78 is 4.69. The van der Waals surface area contributed by atoms with Crippen LogP contribution in [0.2, 0.25) is 0 Å². The van der Waals surface area contributed by atoms with E-state index >= 15 is 0 Å². The molecule has 45 heavy (non-hydrogen) atoms. The van der Waals surface area contributed by atoms with Crippen LogP contribution in [0.5, 0.6) is 0 Å². The van der Waals surface area contributed by atoms with Crippen molar-refractivity contribution in [3.05, 3.63) is 12.2 Å². The number of ether oxygens (including phenoxy) is 1. The van der Waals surface area contributed by atoms with Crippen molar-refractivity contribution >= 4 is 17.7 Å². The standard InChI is InChI=1S/C11H21NO2.C10H17NO.C9H16.C8H14O.ClH/c1-10(2)4-6-11(12,7-5-10)8-9(13)14-3;1-9(2)3-5-10(6-4-9)7-8(12)11-10;1-8-4-6-9(2,3)7-5-8;1-8(2)5-3-7(9)4-6-8;/h4-8,12H2,1-3H3;3-7H2,1-2H3,(H,11,12);1,4-7H2,2-3H3;3-6H2,1-2H3;1H. The lowest BCUT2D eigenvalue weighted by atomic mass is 9.65. The molecule has 262 valence electrons. The summed E-state index contributed by atoms with van der Waals surface area (Å²) in [5.41, 5.74) is 7.77. The van der Waals surface area contributed by atoms with E-state index in [1.54, 1.807) is 0 Å². The number of carbonyl (C=O) groups is 3. The molecule has 5 fully saturated rings. The first-order chi connectivity index (χ1) is 20.1. The molecule has 0 unspecified atom stereocenters. The Hall–Kier alpha value is -1.40. The van der Waals surface area contributed by atoms with Gasteiger partial charge in [-0.1, -0.05) is 67.5 Å². The summed E-state index contributed by atoms with van der Waals surface area (Å²) in [5, 5.41) is 3.06. The van der Waals surface area contributed by atoms with Crippen LogP contribution in [0, 0.1) is 21.7 Å². The van der Waals surface area contributed by atoms with Gasteiger partial charge in [0.1, 0.15) is 17.7 Å². The van der Waals surface area contributed by atoms with Crippen molar-refractivity contribution in [1.29, 1.82) is 0 Å². The number of rotatable bonds is 2. The van der Waals surface area contributed by atoms with E-state index in [0.29, 0.717) is 33.9 Å². The average molecular weight is 653 g/mol. The van der Waals surface area contributed by atoms with Crippen molar-refractivity contribution in [2.24, 2.45) is 21.7 Å². The molecule has 1 aliphatic heterocycles. The van der Waals surface area contributed by atoms with Gasteiger partial charge >= 0.3 is 5.97 Å². The van der Waals surface area contributed by atoms with Crippen molar-refractivity contribution in [1.82, 2.24) is 5.32 Å². The van der Waals surface area contributed by atoms with Crippen LogP contribution in [-0.4, -0.2) is 35.8 Å². The van der Waals surface area contributed by atoms with Gasteiger partial charge in [-0.25, -0.2) is 0 Å². The third kappa shape index (κ3) is 15.4. The topological polar surface area (TPSA) is 100 Å². The number of nitrogens with one attached hydrogen (secondary N) is 1. The maximum absolute atomic E-state index is 11.2. The molecule has 0 atom stereocenters. The Morgan fingerprint density at radius 3 is 1.38 bits per heavy atom. The number of Topliss-reactive ketones (excluding diaryl/α,β-unsaturated/α-hetero) is 1. The number of esters is 1. The van der Waals surface area contributed by atoms with Gasteiger partial charge in [0.05, 0.1) is 7.11 Å². The Morgan fingerprint density at radius 1 is 0.689 bits per heavy atom. The van der Waals surface area contributed by atoms with Gasteiger partial charge in [-0.2, -0.15) is 0 Å². The highest BCUT2D eigenvalue weighted by molar-refractivity contribution is 5.84. The molecular formula is C38H69ClN2O4. The number of allylic oxidation sites excluding steroid dienone is 1. The lowest BCUT2D eigenvalue weighted by Crippen LogP contribution is -3.00. The fourth-order valence-electron chi connectivity index (χ4n) is 6.79. The third-order valence-electron chi connectivity index (χ3n) is 11.3. The number of carbonyl (C=O) groups excluding carboxylic acids is 3. The first-order valence-corrected chi connectivity index (χ1v) is 17.5. The molecule has 0 bridgehead atoms. The predicted octanol–water partition coefficient (Wildman–Crippen LogP) is 5.28. The summed E-state index contributed by atoms with van der Waals surface area (Å²) >= 11 is 0. The molecule has 0 aromatic carbocycles. The zero-order valence-corrected chi connectivity index (χ0v) is 31.4. The Balaban J connectivity index is 0.000000303. The second-order valence-electron chi connectivity index (χ2n) is 18.2.